The van der Waals surface area contributed by atoms with Gasteiger partial charge in [0.25, 0.3) is 5.91 Å². The number of nitrogens with one attached hydrogen (secondary N) is 1. The Bertz CT molecular complexity index is 745. The van der Waals surface area contributed by atoms with Crippen LogP contribution in [0, 0.1) is 17.6 Å². The third-order valence-electron chi connectivity index (χ3n) is 2.85. The van der Waals surface area contributed by atoms with Crippen LogP contribution in [0.4, 0.5) is 26.3 Å². The topological polar surface area (TPSA) is 42.0 Å². The van der Waals surface area contributed by atoms with Gasteiger partial charge in [-0.2, -0.15) is 17.6 Å². The van der Waals surface area contributed by atoms with E-state index in [2.05, 4.69) is 10.3 Å². The van der Waals surface area contributed by atoms with Crippen molar-refractivity contribution in [3.05, 3.63) is 64.7 Å². The lowest BCUT2D eigenvalue weighted by Gasteiger charge is -2.10. The van der Waals surface area contributed by atoms with Crippen LogP contribution in [0.15, 0.2) is 30.5 Å². The third-order valence-corrected chi connectivity index (χ3v) is 2.85. The summed E-state index contributed by atoms with van der Waals surface area (Å²) in [6.45, 7) is -0.328. The van der Waals surface area contributed by atoms with E-state index in [0.29, 0.717) is 6.07 Å². The highest BCUT2D eigenvalue weighted by Crippen LogP contribution is 2.29. The molecule has 0 saturated carbocycles. The first-order valence-electron chi connectivity index (χ1n) is 6.13. The molecule has 23 heavy (non-hydrogen) atoms. The quantitative estimate of drug-likeness (QED) is 0.690. The van der Waals surface area contributed by atoms with Crippen molar-refractivity contribution in [3.8, 4) is 0 Å². The first-order chi connectivity index (χ1) is 10.7. The van der Waals surface area contributed by atoms with Crippen LogP contribution in [0.2, 0.25) is 0 Å². The molecule has 0 radical (unpaired) electrons. The highest BCUT2D eigenvalue weighted by Gasteiger charge is 2.32. The molecule has 9 heteroatoms. The van der Waals surface area contributed by atoms with E-state index in [1.54, 1.807) is 0 Å². The average Bonchev–Trinajstić information content (AvgIpc) is 2.47. The summed E-state index contributed by atoms with van der Waals surface area (Å²) in [5.41, 5.74) is -2.03. The molecule has 1 heterocycles. The van der Waals surface area contributed by atoms with Crippen molar-refractivity contribution in [2.45, 2.75) is 12.7 Å². The highest BCUT2D eigenvalue weighted by molar-refractivity contribution is 5.94. The zero-order valence-electron chi connectivity index (χ0n) is 11.2. The standard InChI is InChI=1S/C14H8F6N2O/c15-10-2-1-7(3-11(10)16)5-22-13(23)9-4-8(14(18,19)20)6-21-12(9)17/h1-4,6H,5H2,(H,22,23). The predicted molar refractivity (Wildman–Crippen MR) is 66.7 cm³/mol. The molecule has 0 aliphatic rings. The van der Waals surface area contributed by atoms with Gasteiger partial charge in [-0.25, -0.2) is 13.8 Å². The second-order valence-corrected chi connectivity index (χ2v) is 4.49. The number of carbonyl (C=O) groups excluding carboxylic acids is 1. The predicted octanol–water partition coefficient (Wildman–Crippen LogP) is 3.45. The van der Waals surface area contributed by atoms with Crippen LogP contribution in [0.5, 0.6) is 0 Å². The summed E-state index contributed by atoms with van der Waals surface area (Å²) < 4.78 is 76.7. The van der Waals surface area contributed by atoms with Gasteiger partial charge in [-0.1, -0.05) is 6.07 Å². The SMILES string of the molecule is O=C(NCc1ccc(F)c(F)c1)c1cc(C(F)(F)F)cnc1F. The number of amides is 1. The van der Waals surface area contributed by atoms with Gasteiger partial charge < -0.3 is 5.32 Å². The van der Waals surface area contributed by atoms with E-state index in [1.807, 2.05) is 0 Å². The molecule has 1 N–H and O–H groups in total. The van der Waals surface area contributed by atoms with E-state index in [9.17, 15) is 31.1 Å². The molecule has 122 valence electrons. The zero-order chi connectivity index (χ0) is 17.2. The smallest absolute Gasteiger partial charge is 0.348 e. The Balaban J connectivity index is 2.15. The van der Waals surface area contributed by atoms with Crippen molar-refractivity contribution in [1.82, 2.24) is 10.3 Å². The average molecular weight is 334 g/mol. The van der Waals surface area contributed by atoms with Gasteiger partial charge in [-0.05, 0) is 23.8 Å². The summed E-state index contributed by atoms with van der Waals surface area (Å²) in [5, 5.41) is 2.11. The summed E-state index contributed by atoms with van der Waals surface area (Å²) in [7, 11) is 0. The van der Waals surface area contributed by atoms with E-state index < -0.39 is 40.8 Å². The van der Waals surface area contributed by atoms with Gasteiger partial charge in [0.2, 0.25) is 5.95 Å². The summed E-state index contributed by atoms with van der Waals surface area (Å²) in [4.78, 5) is 14.6. The molecule has 1 amide bonds. The Morgan fingerprint density at radius 3 is 2.39 bits per heavy atom. The number of alkyl halides is 3. The van der Waals surface area contributed by atoms with Crippen LogP contribution in [-0.2, 0) is 12.7 Å². The monoisotopic (exact) mass is 334 g/mol. The maximum atomic E-state index is 13.4. The molecule has 0 unspecified atom stereocenters. The fourth-order valence-corrected chi connectivity index (χ4v) is 1.69. The molecule has 0 bridgehead atoms. The van der Waals surface area contributed by atoms with E-state index in [-0.39, 0.29) is 18.3 Å². The fourth-order valence-electron chi connectivity index (χ4n) is 1.69. The normalized spacial score (nSPS) is 11.4. The van der Waals surface area contributed by atoms with Gasteiger partial charge in [0.05, 0.1) is 11.1 Å². The molecule has 0 aliphatic carbocycles. The van der Waals surface area contributed by atoms with Crippen LogP contribution in [0.1, 0.15) is 21.5 Å². The zero-order valence-corrected chi connectivity index (χ0v) is 11.2. The lowest BCUT2D eigenvalue weighted by molar-refractivity contribution is -0.137. The van der Waals surface area contributed by atoms with Crippen LogP contribution in [0.3, 0.4) is 0 Å². The first-order valence-corrected chi connectivity index (χ1v) is 6.13. The highest BCUT2D eigenvalue weighted by atomic mass is 19.4. The van der Waals surface area contributed by atoms with Crippen LogP contribution in [0.25, 0.3) is 0 Å². The molecule has 0 aliphatic heterocycles. The molecule has 0 saturated heterocycles. The molecular weight excluding hydrogens is 326 g/mol. The molecule has 3 nitrogen and oxygen atoms in total. The minimum absolute atomic E-state index is 0.151. The number of pyridine rings is 1. The van der Waals surface area contributed by atoms with E-state index in [0.717, 1.165) is 12.1 Å². The summed E-state index contributed by atoms with van der Waals surface area (Å²) >= 11 is 0. The van der Waals surface area contributed by atoms with Crippen molar-refractivity contribution in [2.24, 2.45) is 0 Å². The molecule has 0 atom stereocenters. The Morgan fingerprint density at radius 2 is 1.78 bits per heavy atom. The number of nitrogens with zero attached hydrogens (tertiary/aromatic N) is 1. The Kier molecular flexibility index (Phi) is 4.57. The fraction of sp³-hybridized carbons (Fsp3) is 0.143. The summed E-state index contributed by atoms with van der Waals surface area (Å²) in [5.74, 6) is -4.77. The van der Waals surface area contributed by atoms with E-state index >= 15 is 0 Å². The first kappa shape index (κ1) is 16.8. The van der Waals surface area contributed by atoms with Crippen molar-refractivity contribution in [1.29, 1.82) is 0 Å². The molecule has 0 spiro atoms. The number of benzene rings is 1. The number of hydrogen-bond acceptors (Lipinski definition) is 2. The summed E-state index contributed by atoms with van der Waals surface area (Å²) in [6, 6.07) is 3.11. The molecular formula is C14H8F6N2O. The minimum Gasteiger partial charge on any atom is -0.348 e. The maximum absolute atomic E-state index is 13.4. The van der Waals surface area contributed by atoms with E-state index in [4.69, 9.17) is 0 Å². The van der Waals surface area contributed by atoms with E-state index in [1.165, 1.54) is 6.07 Å². The molecule has 1 aromatic heterocycles. The number of hydrogen-bond donors (Lipinski definition) is 1. The molecule has 2 aromatic rings. The van der Waals surface area contributed by atoms with Crippen molar-refractivity contribution < 1.29 is 31.1 Å². The van der Waals surface area contributed by atoms with Gasteiger partial charge in [-0.15, -0.1) is 0 Å². The van der Waals surface area contributed by atoms with Gasteiger partial charge >= 0.3 is 6.18 Å². The maximum Gasteiger partial charge on any atom is 0.417 e. The largest absolute Gasteiger partial charge is 0.417 e. The van der Waals surface area contributed by atoms with Gasteiger partial charge in [0.15, 0.2) is 11.6 Å². The van der Waals surface area contributed by atoms with Crippen molar-refractivity contribution in [2.75, 3.05) is 0 Å². The number of carbonyl (C=O) groups is 1. The minimum atomic E-state index is -4.78. The van der Waals surface area contributed by atoms with Crippen LogP contribution in [-0.4, -0.2) is 10.9 Å². The molecule has 0 fully saturated rings. The number of aromatic nitrogens is 1. The van der Waals surface area contributed by atoms with Crippen LogP contribution >= 0.6 is 0 Å². The van der Waals surface area contributed by atoms with Gasteiger partial charge in [0, 0.05) is 12.7 Å². The lowest BCUT2D eigenvalue weighted by atomic mass is 10.1. The number of halogens is 6. The second kappa shape index (κ2) is 6.27. The molecule has 1 aromatic carbocycles. The van der Waals surface area contributed by atoms with Crippen molar-refractivity contribution in [3.63, 3.8) is 0 Å². The molecule has 2 rings (SSSR count). The Hall–Kier alpha value is -2.58. The number of rotatable bonds is 3. The van der Waals surface area contributed by atoms with Gasteiger partial charge in [0.1, 0.15) is 0 Å². The Labute approximate surface area is 126 Å². The Morgan fingerprint density at radius 1 is 1.09 bits per heavy atom. The third kappa shape index (κ3) is 3.99. The van der Waals surface area contributed by atoms with Crippen LogP contribution < -0.4 is 5.32 Å². The second-order valence-electron chi connectivity index (χ2n) is 4.49. The van der Waals surface area contributed by atoms with Gasteiger partial charge in [-0.3, -0.25) is 4.79 Å². The summed E-state index contributed by atoms with van der Waals surface area (Å²) in [6.07, 6.45) is -4.52. The van der Waals surface area contributed by atoms with Crippen molar-refractivity contribution >= 4 is 5.91 Å². The lowest BCUT2D eigenvalue weighted by Crippen LogP contribution is -2.25.